The normalized spacial score (nSPS) is 9.31. The molecule has 0 saturated heterocycles. The number of nitrogens with two attached hydrogens (primary N) is 1. The van der Waals surface area contributed by atoms with Crippen LogP contribution in [-0.4, -0.2) is 10.9 Å². The summed E-state index contributed by atoms with van der Waals surface area (Å²) < 4.78 is 0. The molecule has 1 amide bonds. The van der Waals surface area contributed by atoms with Gasteiger partial charge in [0.15, 0.2) is 4.99 Å². The number of primary amides is 1. The number of carbonyl (C=O) groups excluding carboxylic acids is 1. The summed E-state index contributed by atoms with van der Waals surface area (Å²) in [7, 11) is 0. The van der Waals surface area contributed by atoms with E-state index in [0.29, 0.717) is 10.7 Å². The number of hydrogen-bond acceptors (Lipinski definition) is 2. The van der Waals surface area contributed by atoms with Crippen molar-refractivity contribution >= 4 is 40.4 Å². The molecule has 1 aromatic carbocycles. The fraction of sp³-hybridized carbons (Fsp3) is 0. The van der Waals surface area contributed by atoms with Gasteiger partial charge in [-0.05, 0) is 12.1 Å². The first-order valence-corrected chi connectivity index (χ1v) is 4.25. The number of anilines is 1. The van der Waals surface area contributed by atoms with Crippen LogP contribution >= 0.6 is 23.8 Å². The molecule has 1 aromatic rings. The Balaban J connectivity index is 2.81. The summed E-state index contributed by atoms with van der Waals surface area (Å²) in [5.41, 5.74) is 5.52. The standard InChI is InChI=1S/C8H7ClN2OS/c9-5-3-1-2-4-6(5)11-8(13)7(10)12/h1-4H,(H2,10,12)(H,11,13). The summed E-state index contributed by atoms with van der Waals surface area (Å²) in [5, 5.41) is 3.13. The van der Waals surface area contributed by atoms with Crippen LogP contribution in [0.15, 0.2) is 24.3 Å². The van der Waals surface area contributed by atoms with Crippen LogP contribution in [-0.2, 0) is 4.79 Å². The molecule has 0 spiro atoms. The number of thiocarbonyl (C=S) groups is 1. The van der Waals surface area contributed by atoms with E-state index in [1.54, 1.807) is 24.3 Å². The molecule has 0 aliphatic heterocycles. The molecule has 0 unspecified atom stereocenters. The highest BCUT2D eigenvalue weighted by Gasteiger charge is 2.05. The number of carbonyl (C=O) groups is 1. The first-order valence-electron chi connectivity index (χ1n) is 3.46. The lowest BCUT2D eigenvalue weighted by Gasteiger charge is -2.05. The molecule has 3 nitrogen and oxygen atoms in total. The number of benzene rings is 1. The predicted molar refractivity (Wildman–Crippen MR) is 56.9 cm³/mol. The molecule has 3 N–H and O–H groups in total. The Morgan fingerprint density at radius 3 is 2.62 bits per heavy atom. The van der Waals surface area contributed by atoms with E-state index in [1.165, 1.54) is 0 Å². The highest BCUT2D eigenvalue weighted by molar-refractivity contribution is 7.82. The Labute approximate surface area is 85.9 Å². The topological polar surface area (TPSA) is 55.1 Å². The van der Waals surface area contributed by atoms with E-state index in [9.17, 15) is 4.79 Å². The third kappa shape index (κ3) is 2.68. The van der Waals surface area contributed by atoms with Crippen molar-refractivity contribution < 1.29 is 4.79 Å². The zero-order valence-electron chi connectivity index (χ0n) is 6.58. The Bertz CT molecular complexity index is 354. The van der Waals surface area contributed by atoms with E-state index in [-0.39, 0.29) is 4.99 Å². The van der Waals surface area contributed by atoms with Crippen molar-refractivity contribution in [3.8, 4) is 0 Å². The van der Waals surface area contributed by atoms with Gasteiger partial charge in [-0.1, -0.05) is 36.0 Å². The number of hydrogen-bond donors (Lipinski definition) is 2. The minimum atomic E-state index is -0.671. The van der Waals surface area contributed by atoms with Crippen LogP contribution in [0.25, 0.3) is 0 Å². The van der Waals surface area contributed by atoms with Gasteiger partial charge in [-0.15, -0.1) is 0 Å². The van der Waals surface area contributed by atoms with Gasteiger partial charge in [-0.25, -0.2) is 0 Å². The Morgan fingerprint density at radius 1 is 1.46 bits per heavy atom. The van der Waals surface area contributed by atoms with Crippen molar-refractivity contribution in [1.29, 1.82) is 0 Å². The van der Waals surface area contributed by atoms with E-state index in [0.717, 1.165) is 0 Å². The minimum absolute atomic E-state index is 0.0481. The van der Waals surface area contributed by atoms with Crippen LogP contribution in [0.4, 0.5) is 5.69 Å². The van der Waals surface area contributed by atoms with Crippen LogP contribution in [0.3, 0.4) is 0 Å². The zero-order chi connectivity index (χ0) is 9.84. The first kappa shape index (κ1) is 9.95. The van der Waals surface area contributed by atoms with Crippen LogP contribution in [0.2, 0.25) is 5.02 Å². The largest absolute Gasteiger partial charge is 0.364 e. The maximum Gasteiger partial charge on any atom is 0.276 e. The van der Waals surface area contributed by atoms with E-state index in [4.69, 9.17) is 17.3 Å². The van der Waals surface area contributed by atoms with E-state index >= 15 is 0 Å². The Kier molecular flexibility index (Phi) is 3.22. The Hall–Kier alpha value is -1.13. The average molecular weight is 215 g/mol. The van der Waals surface area contributed by atoms with Crippen molar-refractivity contribution in [2.75, 3.05) is 5.32 Å². The van der Waals surface area contributed by atoms with Gasteiger partial charge in [-0.2, -0.15) is 0 Å². The van der Waals surface area contributed by atoms with Gasteiger partial charge in [0, 0.05) is 0 Å². The molecule has 0 radical (unpaired) electrons. The van der Waals surface area contributed by atoms with Gasteiger partial charge in [0.25, 0.3) is 5.91 Å². The summed E-state index contributed by atoms with van der Waals surface area (Å²) in [6.07, 6.45) is 0. The van der Waals surface area contributed by atoms with Crippen molar-refractivity contribution in [3.63, 3.8) is 0 Å². The smallest absolute Gasteiger partial charge is 0.276 e. The van der Waals surface area contributed by atoms with Gasteiger partial charge in [-0.3, -0.25) is 4.79 Å². The number of amides is 1. The monoisotopic (exact) mass is 214 g/mol. The van der Waals surface area contributed by atoms with Crippen LogP contribution < -0.4 is 11.1 Å². The lowest BCUT2D eigenvalue weighted by Crippen LogP contribution is -2.27. The lowest BCUT2D eigenvalue weighted by atomic mass is 10.3. The Morgan fingerprint density at radius 2 is 2.08 bits per heavy atom. The van der Waals surface area contributed by atoms with Crippen molar-refractivity contribution in [2.45, 2.75) is 0 Å². The third-order valence-corrected chi connectivity index (χ3v) is 1.98. The van der Waals surface area contributed by atoms with E-state index in [2.05, 4.69) is 17.5 Å². The second-order valence-corrected chi connectivity index (χ2v) is 3.11. The summed E-state index contributed by atoms with van der Waals surface area (Å²) in [5.74, 6) is -0.671. The molecule has 0 aliphatic carbocycles. The molecule has 0 aromatic heterocycles. The average Bonchev–Trinajstić information content (AvgIpc) is 2.08. The van der Waals surface area contributed by atoms with E-state index < -0.39 is 5.91 Å². The second-order valence-electron chi connectivity index (χ2n) is 2.30. The summed E-state index contributed by atoms with van der Waals surface area (Å²) in [4.78, 5) is 10.5. The third-order valence-electron chi connectivity index (χ3n) is 1.35. The van der Waals surface area contributed by atoms with Crippen LogP contribution in [0.1, 0.15) is 0 Å². The fourth-order valence-corrected chi connectivity index (χ4v) is 1.04. The second kappa shape index (κ2) is 4.20. The maximum absolute atomic E-state index is 10.6. The van der Waals surface area contributed by atoms with Gasteiger partial charge < -0.3 is 11.1 Å². The molecule has 0 atom stereocenters. The summed E-state index contributed by atoms with van der Waals surface area (Å²) in [6, 6.07) is 6.95. The van der Waals surface area contributed by atoms with Crippen molar-refractivity contribution in [3.05, 3.63) is 29.3 Å². The number of para-hydroxylation sites is 1. The van der Waals surface area contributed by atoms with Gasteiger partial charge in [0.05, 0.1) is 10.7 Å². The molecule has 0 aliphatic rings. The van der Waals surface area contributed by atoms with Crippen LogP contribution in [0, 0.1) is 0 Å². The highest BCUT2D eigenvalue weighted by atomic mass is 35.5. The predicted octanol–water partition coefficient (Wildman–Crippen LogP) is 1.56. The molecule has 0 fully saturated rings. The molecule has 13 heavy (non-hydrogen) atoms. The molecule has 68 valence electrons. The van der Waals surface area contributed by atoms with E-state index in [1.807, 2.05) is 0 Å². The maximum atomic E-state index is 10.6. The van der Waals surface area contributed by atoms with Crippen molar-refractivity contribution in [2.24, 2.45) is 5.73 Å². The quantitative estimate of drug-likeness (QED) is 0.698. The first-order chi connectivity index (χ1) is 6.11. The molecule has 0 bridgehead atoms. The van der Waals surface area contributed by atoms with Gasteiger partial charge in [0.2, 0.25) is 0 Å². The van der Waals surface area contributed by atoms with Gasteiger partial charge in [0.1, 0.15) is 0 Å². The number of rotatable bonds is 1. The molecule has 0 saturated carbocycles. The molecular formula is C8H7ClN2OS. The zero-order valence-corrected chi connectivity index (χ0v) is 8.15. The lowest BCUT2D eigenvalue weighted by molar-refractivity contribution is -0.111. The summed E-state index contributed by atoms with van der Waals surface area (Å²) >= 11 is 10.5. The number of halogens is 1. The summed E-state index contributed by atoms with van der Waals surface area (Å²) in [6.45, 7) is 0. The molecule has 1 rings (SSSR count). The van der Waals surface area contributed by atoms with Gasteiger partial charge >= 0.3 is 0 Å². The minimum Gasteiger partial charge on any atom is -0.364 e. The molecule has 0 heterocycles. The fourth-order valence-electron chi connectivity index (χ4n) is 0.746. The molecule has 5 heteroatoms. The molecular weight excluding hydrogens is 208 g/mol. The highest BCUT2D eigenvalue weighted by Crippen LogP contribution is 2.20. The number of nitrogens with one attached hydrogen (secondary N) is 1. The van der Waals surface area contributed by atoms with Crippen LogP contribution in [0.5, 0.6) is 0 Å². The SMILES string of the molecule is NC(=O)C(=S)Nc1ccccc1Cl. The van der Waals surface area contributed by atoms with Crippen molar-refractivity contribution in [1.82, 2.24) is 0 Å².